The lowest BCUT2D eigenvalue weighted by Crippen LogP contribution is -1.89. The molecule has 0 aliphatic rings. The zero-order valence-electron chi connectivity index (χ0n) is 10.9. The summed E-state index contributed by atoms with van der Waals surface area (Å²) in [7, 11) is 0. The van der Waals surface area contributed by atoms with Gasteiger partial charge in [-0.3, -0.25) is 4.98 Å². The molecule has 2 heteroatoms. The lowest BCUT2D eigenvalue weighted by molar-refractivity contribution is 0.831. The van der Waals surface area contributed by atoms with Gasteiger partial charge in [-0.15, -0.1) is 0 Å². The van der Waals surface area contributed by atoms with Crippen molar-refractivity contribution in [1.82, 2.24) is 4.98 Å². The maximum atomic E-state index is 4.23. The molecule has 1 nitrogen and oxygen atoms in total. The lowest BCUT2D eigenvalue weighted by atomic mass is 9.98. The normalized spacial score (nSPS) is 11.5. The Morgan fingerprint density at radius 3 is 2.47 bits per heavy atom. The van der Waals surface area contributed by atoms with E-state index in [9.17, 15) is 0 Å². The van der Waals surface area contributed by atoms with Crippen LogP contribution in [-0.4, -0.2) is 9.41 Å². The van der Waals surface area contributed by atoms with Gasteiger partial charge in [0, 0.05) is 18.0 Å². The number of benzene rings is 1. The van der Waals surface area contributed by atoms with E-state index in [1.165, 1.54) is 34.0 Å². The van der Waals surface area contributed by atoms with Gasteiger partial charge in [-0.1, -0.05) is 65.1 Å². The summed E-state index contributed by atoms with van der Waals surface area (Å²) in [5.74, 6) is 0. The average molecular weight is 363 g/mol. The summed E-state index contributed by atoms with van der Waals surface area (Å²) in [4.78, 5) is 4.23. The number of hydrogen-bond acceptors (Lipinski definition) is 1. The molecule has 0 atom stereocenters. The quantitative estimate of drug-likeness (QED) is 0.394. The summed E-state index contributed by atoms with van der Waals surface area (Å²) in [6, 6.07) is 14.7. The van der Waals surface area contributed by atoms with Crippen LogP contribution in [0.15, 0.2) is 60.9 Å². The average Bonchev–Trinajstić information content (AvgIpc) is 2.49. The molecule has 98 valence electrons. The predicted molar refractivity (Wildman–Crippen MR) is 90.5 cm³/mol. The molecule has 0 fully saturated rings. The molecule has 2 aromatic rings. The molecule has 2 rings (SSSR count). The number of pyridine rings is 1. The van der Waals surface area contributed by atoms with Crippen LogP contribution in [0.4, 0.5) is 0 Å². The number of nitrogens with zero attached hydrogens (tertiary/aromatic N) is 1. The summed E-state index contributed by atoms with van der Waals surface area (Å²) in [6.45, 7) is 0. The van der Waals surface area contributed by atoms with E-state index in [-0.39, 0.29) is 0 Å². The second-order valence-electron chi connectivity index (χ2n) is 4.41. The Balaban J connectivity index is 2.24. The van der Waals surface area contributed by atoms with Gasteiger partial charge in [-0.2, -0.15) is 0 Å². The number of aromatic nitrogens is 1. The molecule has 0 N–H and O–H groups in total. The molecule has 0 unspecified atom stereocenters. The van der Waals surface area contributed by atoms with E-state index in [1.54, 1.807) is 0 Å². The Bertz CT molecular complexity index is 464. The van der Waals surface area contributed by atoms with Crippen LogP contribution in [0.1, 0.15) is 30.4 Å². The van der Waals surface area contributed by atoms with Crippen LogP contribution < -0.4 is 0 Å². The molecule has 1 aromatic heterocycles. The van der Waals surface area contributed by atoms with Crippen molar-refractivity contribution >= 4 is 28.2 Å². The Morgan fingerprint density at radius 1 is 1.00 bits per heavy atom. The van der Waals surface area contributed by atoms with E-state index in [4.69, 9.17) is 0 Å². The third-order valence-corrected chi connectivity index (χ3v) is 3.76. The molecular formula is C17H18IN. The van der Waals surface area contributed by atoms with E-state index < -0.39 is 0 Å². The van der Waals surface area contributed by atoms with E-state index in [0.29, 0.717) is 0 Å². The first-order valence-electron chi connectivity index (χ1n) is 6.64. The van der Waals surface area contributed by atoms with Gasteiger partial charge in [0.1, 0.15) is 0 Å². The molecule has 0 aliphatic carbocycles. The van der Waals surface area contributed by atoms with Gasteiger partial charge in [0.05, 0.1) is 0 Å². The number of rotatable bonds is 6. The first-order chi connectivity index (χ1) is 9.42. The van der Waals surface area contributed by atoms with Gasteiger partial charge in [0.2, 0.25) is 0 Å². The molecule has 1 heterocycles. The summed E-state index contributed by atoms with van der Waals surface area (Å²) >= 11 is 2.44. The Hall–Kier alpha value is -1.16. The van der Waals surface area contributed by atoms with Crippen molar-refractivity contribution in [3.63, 3.8) is 0 Å². The number of halogens is 1. The Labute approximate surface area is 128 Å². The van der Waals surface area contributed by atoms with Crippen LogP contribution in [0.5, 0.6) is 0 Å². The zero-order chi connectivity index (χ0) is 13.3. The highest BCUT2D eigenvalue weighted by molar-refractivity contribution is 14.1. The molecule has 0 bridgehead atoms. The maximum absolute atomic E-state index is 4.23. The van der Waals surface area contributed by atoms with Crippen molar-refractivity contribution in [3.05, 3.63) is 72.1 Å². The van der Waals surface area contributed by atoms with Crippen LogP contribution in [0.25, 0.3) is 5.57 Å². The largest absolute Gasteiger partial charge is 0.264 e. The molecule has 1 aromatic carbocycles. The fourth-order valence-electron chi connectivity index (χ4n) is 2.03. The van der Waals surface area contributed by atoms with Crippen LogP contribution in [0, 0.1) is 0 Å². The number of unbranched alkanes of at least 4 members (excludes halogenated alkanes) is 2. The molecular weight excluding hydrogens is 345 g/mol. The van der Waals surface area contributed by atoms with Gasteiger partial charge >= 0.3 is 0 Å². The van der Waals surface area contributed by atoms with Gasteiger partial charge in [-0.05, 0) is 40.9 Å². The zero-order valence-corrected chi connectivity index (χ0v) is 13.1. The summed E-state index contributed by atoms with van der Waals surface area (Å²) in [5.41, 5.74) is 3.76. The third-order valence-electron chi connectivity index (χ3n) is 2.99. The molecule has 0 spiro atoms. The fraction of sp³-hybridized carbons (Fsp3) is 0.235. The summed E-state index contributed by atoms with van der Waals surface area (Å²) in [5, 5.41) is 0. The van der Waals surface area contributed by atoms with Gasteiger partial charge in [0.25, 0.3) is 0 Å². The molecule has 19 heavy (non-hydrogen) atoms. The van der Waals surface area contributed by atoms with Crippen molar-refractivity contribution in [1.29, 1.82) is 0 Å². The molecule has 0 aliphatic heterocycles. The molecule has 0 saturated heterocycles. The first kappa shape index (κ1) is 14.3. The third kappa shape index (κ3) is 4.46. The molecule has 0 radical (unpaired) electrons. The standard InChI is InChI=1S/C17H18IN/c18-12-6-2-5-11-17(15-8-3-1-4-9-15)16-10-7-13-19-14-16/h1,3-4,7-11,13-14H,2,5-6,12H2/b17-11-. The monoisotopic (exact) mass is 363 g/mol. The van der Waals surface area contributed by atoms with E-state index in [0.717, 1.165) is 6.42 Å². The molecule has 0 saturated carbocycles. The highest BCUT2D eigenvalue weighted by Gasteiger charge is 2.03. The van der Waals surface area contributed by atoms with E-state index in [1.807, 2.05) is 18.5 Å². The molecule has 0 amide bonds. The van der Waals surface area contributed by atoms with E-state index >= 15 is 0 Å². The van der Waals surface area contributed by atoms with Crippen LogP contribution >= 0.6 is 22.6 Å². The highest BCUT2D eigenvalue weighted by atomic mass is 127. The van der Waals surface area contributed by atoms with Crippen LogP contribution in [0.3, 0.4) is 0 Å². The summed E-state index contributed by atoms with van der Waals surface area (Å²) < 4.78 is 1.24. The fourth-order valence-corrected chi connectivity index (χ4v) is 2.57. The van der Waals surface area contributed by atoms with Gasteiger partial charge in [0.15, 0.2) is 0 Å². The second-order valence-corrected chi connectivity index (χ2v) is 5.49. The Morgan fingerprint density at radius 2 is 1.79 bits per heavy atom. The van der Waals surface area contributed by atoms with Gasteiger partial charge in [-0.25, -0.2) is 0 Å². The number of hydrogen-bond donors (Lipinski definition) is 0. The van der Waals surface area contributed by atoms with Gasteiger partial charge < -0.3 is 0 Å². The van der Waals surface area contributed by atoms with Crippen molar-refractivity contribution < 1.29 is 0 Å². The van der Waals surface area contributed by atoms with Crippen molar-refractivity contribution in [3.8, 4) is 0 Å². The summed E-state index contributed by atoms with van der Waals surface area (Å²) in [6.07, 6.45) is 9.77. The van der Waals surface area contributed by atoms with Crippen LogP contribution in [-0.2, 0) is 0 Å². The second kappa shape index (κ2) is 8.10. The maximum Gasteiger partial charge on any atom is 0.0346 e. The minimum Gasteiger partial charge on any atom is -0.264 e. The van der Waals surface area contributed by atoms with E-state index in [2.05, 4.69) is 70.0 Å². The van der Waals surface area contributed by atoms with Crippen LogP contribution in [0.2, 0.25) is 0 Å². The predicted octanol–water partition coefficient (Wildman–Crippen LogP) is 5.12. The minimum absolute atomic E-state index is 1.13. The van der Waals surface area contributed by atoms with Crippen molar-refractivity contribution in [2.45, 2.75) is 19.3 Å². The van der Waals surface area contributed by atoms with Crippen molar-refractivity contribution in [2.24, 2.45) is 0 Å². The topological polar surface area (TPSA) is 12.9 Å². The smallest absolute Gasteiger partial charge is 0.0346 e. The SMILES string of the molecule is ICCCC/C=C(/c1ccccc1)c1cccnc1. The first-order valence-corrected chi connectivity index (χ1v) is 8.16. The Kier molecular flexibility index (Phi) is 6.08. The van der Waals surface area contributed by atoms with Crippen molar-refractivity contribution in [2.75, 3.05) is 4.43 Å². The minimum atomic E-state index is 1.13. The highest BCUT2D eigenvalue weighted by Crippen LogP contribution is 2.23. The lowest BCUT2D eigenvalue weighted by Gasteiger charge is -2.08. The number of alkyl halides is 1. The number of allylic oxidation sites excluding steroid dienone is 1.